The first-order chi connectivity index (χ1) is 10.8. The van der Waals surface area contributed by atoms with Gasteiger partial charge < -0.3 is 4.98 Å². The third kappa shape index (κ3) is 3.99. The van der Waals surface area contributed by atoms with Crippen LogP contribution in [0.25, 0.3) is 0 Å². The number of hydrogen-bond donors (Lipinski definition) is 1. The van der Waals surface area contributed by atoms with Crippen molar-refractivity contribution in [3.63, 3.8) is 0 Å². The van der Waals surface area contributed by atoms with Crippen molar-refractivity contribution in [3.8, 4) is 0 Å². The number of pyridine rings is 1. The first-order valence-corrected chi connectivity index (χ1v) is 8.17. The second-order valence-corrected chi connectivity index (χ2v) is 6.21. The number of nitrogens with zero attached hydrogens (tertiary/aromatic N) is 4. The van der Waals surface area contributed by atoms with Gasteiger partial charge in [-0.1, -0.05) is 6.07 Å². The van der Waals surface area contributed by atoms with Crippen LogP contribution in [0.3, 0.4) is 0 Å². The lowest BCUT2D eigenvalue weighted by atomic mass is 10.2. The smallest absolute Gasteiger partial charge is 0.107 e. The molecule has 0 aliphatic carbocycles. The molecule has 0 bridgehead atoms. The summed E-state index contributed by atoms with van der Waals surface area (Å²) < 4.78 is 0. The van der Waals surface area contributed by atoms with Gasteiger partial charge in [0.25, 0.3) is 0 Å². The lowest BCUT2D eigenvalue weighted by molar-refractivity contribution is 0.255. The van der Waals surface area contributed by atoms with Gasteiger partial charge in [0.2, 0.25) is 0 Å². The van der Waals surface area contributed by atoms with E-state index in [9.17, 15) is 0 Å². The van der Waals surface area contributed by atoms with Crippen LogP contribution in [-0.2, 0) is 19.5 Å². The third-order valence-corrected chi connectivity index (χ3v) is 4.35. The van der Waals surface area contributed by atoms with Gasteiger partial charge in [-0.2, -0.15) is 0 Å². The highest BCUT2D eigenvalue weighted by molar-refractivity contribution is 7.09. The highest BCUT2D eigenvalue weighted by atomic mass is 32.1. The zero-order valence-electron chi connectivity index (χ0n) is 12.6. The fraction of sp³-hybridized carbons (Fsp3) is 0.312. The molecule has 5 nitrogen and oxygen atoms in total. The van der Waals surface area contributed by atoms with Gasteiger partial charge in [0.05, 0.1) is 18.6 Å². The maximum Gasteiger partial charge on any atom is 0.107 e. The van der Waals surface area contributed by atoms with Crippen molar-refractivity contribution >= 4 is 11.3 Å². The second-order valence-electron chi connectivity index (χ2n) is 5.23. The minimum absolute atomic E-state index is 0.834. The summed E-state index contributed by atoms with van der Waals surface area (Å²) in [7, 11) is 0. The first-order valence-electron chi connectivity index (χ1n) is 7.30. The molecular weight excluding hydrogens is 294 g/mol. The van der Waals surface area contributed by atoms with Crippen LogP contribution in [0.15, 0.2) is 42.4 Å². The van der Waals surface area contributed by atoms with Crippen LogP contribution in [0.4, 0.5) is 0 Å². The summed E-state index contributed by atoms with van der Waals surface area (Å²) in [5.74, 6) is 0. The molecule has 3 aromatic rings. The van der Waals surface area contributed by atoms with Crippen LogP contribution in [0.2, 0.25) is 0 Å². The van der Waals surface area contributed by atoms with E-state index in [1.807, 2.05) is 30.0 Å². The van der Waals surface area contributed by atoms with Gasteiger partial charge >= 0.3 is 0 Å². The SMILES string of the molecule is Cc1cccnc1CN(CCc1cnc[nH]1)Cc1nccs1. The molecule has 1 N–H and O–H groups in total. The average Bonchev–Trinajstić information content (AvgIpc) is 3.20. The van der Waals surface area contributed by atoms with Gasteiger partial charge in [0.15, 0.2) is 0 Å². The molecule has 0 unspecified atom stereocenters. The van der Waals surface area contributed by atoms with Crippen molar-refractivity contribution < 1.29 is 0 Å². The van der Waals surface area contributed by atoms with Gasteiger partial charge in [-0.15, -0.1) is 11.3 Å². The number of rotatable bonds is 7. The minimum Gasteiger partial charge on any atom is -0.348 e. The van der Waals surface area contributed by atoms with E-state index in [2.05, 4.69) is 37.8 Å². The molecule has 3 aromatic heterocycles. The summed E-state index contributed by atoms with van der Waals surface area (Å²) in [4.78, 5) is 18.5. The lowest BCUT2D eigenvalue weighted by Gasteiger charge is -2.21. The maximum atomic E-state index is 4.51. The van der Waals surface area contributed by atoms with Crippen molar-refractivity contribution in [2.75, 3.05) is 6.54 Å². The molecule has 0 aliphatic heterocycles. The van der Waals surface area contributed by atoms with Gasteiger partial charge in [0, 0.05) is 49.2 Å². The molecule has 0 spiro atoms. The molecule has 6 heteroatoms. The van der Waals surface area contributed by atoms with Crippen LogP contribution < -0.4 is 0 Å². The predicted molar refractivity (Wildman–Crippen MR) is 87.5 cm³/mol. The third-order valence-electron chi connectivity index (χ3n) is 3.59. The Balaban J connectivity index is 1.69. The average molecular weight is 313 g/mol. The molecule has 3 heterocycles. The Morgan fingerprint density at radius 3 is 2.91 bits per heavy atom. The number of nitrogens with one attached hydrogen (secondary N) is 1. The van der Waals surface area contributed by atoms with Crippen molar-refractivity contribution in [1.82, 2.24) is 24.8 Å². The van der Waals surface area contributed by atoms with E-state index in [1.54, 1.807) is 17.7 Å². The molecule has 114 valence electrons. The molecule has 0 saturated carbocycles. The summed E-state index contributed by atoms with van der Waals surface area (Å²) in [5.41, 5.74) is 3.51. The second kappa shape index (κ2) is 7.29. The Labute approximate surface area is 134 Å². The Morgan fingerprint density at radius 2 is 2.18 bits per heavy atom. The van der Waals surface area contributed by atoms with Crippen molar-refractivity contribution in [3.05, 3.63) is 64.4 Å². The molecule has 0 aromatic carbocycles. The summed E-state index contributed by atoms with van der Waals surface area (Å²) >= 11 is 1.70. The largest absolute Gasteiger partial charge is 0.348 e. The molecule has 0 aliphatic rings. The molecule has 22 heavy (non-hydrogen) atoms. The number of aromatic nitrogens is 4. The zero-order valence-corrected chi connectivity index (χ0v) is 13.4. The fourth-order valence-corrected chi connectivity index (χ4v) is 2.99. The van der Waals surface area contributed by atoms with E-state index >= 15 is 0 Å². The normalized spacial score (nSPS) is 11.2. The van der Waals surface area contributed by atoms with E-state index in [4.69, 9.17) is 0 Å². The minimum atomic E-state index is 0.834. The van der Waals surface area contributed by atoms with Gasteiger partial charge in [-0.3, -0.25) is 9.88 Å². The van der Waals surface area contributed by atoms with Gasteiger partial charge in [-0.25, -0.2) is 9.97 Å². The fourth-order valence-electron chi connectivity index (χ4n) is 2.33. The Hall–Kier alpha value is -2.05. The molecule has 0 radical (unpaired) electrons. The molecule has 3 rings (SSSR count). The van der Waals surface area contributed by atoms with Crippen LogP contribution >= 0.6 is 11.3 Å². The predicted octanol–water partition coefficient (Wildman–Crippen LogP) is 2.81. The molecular formula is C16H19N5S. The monoisotopic (exact) mass is 313 g/mol. The topological polar surface area (TPSA) is 57.7 Å². The number of H-pyrrole nitrogens is 1. The van der Waals surface area contributed by atoms with E-state index in [0.717, 1.165) is 42.5 Å². The lowest BCUT2D eigenvalue weighted by Crippen LogP contribution is -2.26. The summed E-state index contributed by atoms with van der Waals surface area (Å²) in [6.45, 7) is 4.73. The molecule has 0 saturated heterocycles. The Morgan fingerprint density at radius 1 is 1.23 bits per heavy atom. The zero-order chi connectivity index (χ0) is 15.2. The van der Waals surface area contributed by atoms with Crippen molar-refractivity contribution in [1.29, 1.82) is 0 Å². The summed E-state index contributed by atoms with van der Waals surface area (Å²) in [6.07, 6.45) is 8.27. The van der Waals surface area contributed by atoms with Crippen molar-refractivity contribution in [2.45, 2.75) is 26.4 Å². The number of aryl methyl sites for hydroxylation is 1. The summed E-state index contributed by atoms with van der Waals surface area (Å²) in [6, 6.07) is 4.09. The van der Waals surface area contributed by atoms with E-state index in [0.29, 0.717) is 0 Å². The first kappa shape index (κ1) is 14.9. The molecule has 0 fully saturated rings. The number of aromatic amines is 1. The van der Waals surface area contributed by atoms with Crippen LogP contribution in [0.1, 0.15) is 22.0 Å². The Kier molecular flexibility index (Phi) is 4.92. The van der Waals surface area contributed by atoms with Gasteiger partial charge in [0.1, 0.15) is 5.01 Å². The summed E-state index contributed by atoms with van der Waals surface area (Å²) in [5, 5.41) is 3.16. The Bertz CT molecular complexity index is 678. The quantitative estimate of drug-likeness (QED) is 0.729. The van der Waals surface area contributed by atoms with Crippen molar-refractivity contribution in [2.24, 2.45) is 0 Å². The maximum absolute atomic E-state index is 4.51. The molecule has 0 atom stereocenters. The number of thiazole rings is 1. The number of imidazole rings is 1. The molecule has 0 amide bonds. The number of hydrogen-bond acceptors (Lipinski definition) is 5. The van der Waals surface area contributed by atoms with E-state index < -0.39 is 0 Å². The highest BCUT2D eigenvalue weighted by Crippen LogP contribution is 2.13. The van der Waals surface area contributed by atoms with E-state index in [1.165, 1.54) is 5.56 Å². The van der Waals surface area contributed by atoms with Gasteiger partial charge in [-0.05, 0) is 18.6 Å². The van der Waals surface area contributed by atoms with Crippen LogP contribution in [0.5, 0.6) is 0 Å². The van der Waals surface area contributed by atoms with Crippen LogP contribution in [-0.4, -0.2) is 31.4 Å². The highest BCUT2D eigenvalue weighted by Gasteiger charge is 2.11. The standard InChI is InChI=1S/C16H19N5S/c1-13-3-2-5-18-15(13)10-21(11-16-19-6-8-22-16)7-4-14-9-17-12-20-14/h2-3,5-6,8-9,12H,4,7,10-11H2,1H3,(H,17,20). The van der Waals surface area contributed by atoms with Crippen LogP contribution in [0, 0.1) is 6.92 Å². The van der Waals surface area contributed by atoms with E-state index in [-0.39, 0.29) is 0 Å².